The highest BCUT2D eigenvalue weighted by Crippen LogP contribution is 2.77. The van der Waals surface area contributed by atoms with Crippen LogP contribution in [-0.4, -0.2) is 61.6 Å². The quantitative estimate of drug-likeness (QED) is 0.700. The van der Waals surface area contributed by atoms with Gasteiger partial charge in [0, 0.05) is 43.4 Å². The second-order valence-electron chi connectivity index (χ2n) is 12.1. The van der Waals surface area contributed by atoms with Crippen LogP contribution in [0.15, 0.2) is 0 Å². The summed E-state index contributed by atoms with van der Waals surface area (Å²) in [4.78, 5) is 41.6. The Kier molecular flexibility index (Phi) is 5.01. The fraction of sp³-hybridized carbons (Fsp3) is 0.885. The molecule has 7 nitrogen and oxygen atoms in total. The lowest BCUT2D eigenvalue weighted by Gasteiger charge is -2.53. The van der Waals surface area contributed by atoms with Crippen LogP contribution >= 0.6 is 0 Å². The van der Waals surface area contributed by atoms with Gasteiger partial charge in [-0.1, -0.05) is 13.8 Å². The van der Waals surface area contributed by atoms with Crippen molar-refractivity contribution < 1.29 is 23.9 Å². The second-order valence-corrected chi connectivity index (χ2v) is 12.1. The SMILES string of the molecule is CO[C@@H]1CCC23CC[C@H]4C[C@@]4(C12)[C@H](OC(=O)NC(=O)[C@H]1CN2CC[C@@H]1C2)C[C@H](C)C(=O)[C@@H]3C. The molecule has 6 rings (SSSR count). The lowest BCUT2D eigenvalue weighted by atomic mass is 9.52. The van der Waals surface area contributed by atoms with Gasteiger partial charge in [0.15, 0.2) is 0 Å². The molecule has 0 aromatic heterocycles. The standard InChI is InChI=1S/C26H38N2O5/c1-14-10-20(33-24(31)27-23(30)18-13-28-9-6-16(18)12-28)26-11-17(26)4-7-25(15(2)21(14)29)8-5-19(32-3)22(25)26/h14-20,22H,4-13H2,1-3H3,(H,27,30,31)/t14-,15-,16+,17-,18-,19+,20+,22?,25?,26-/m0/s1. The molecule has 0 aromatic rings. The minimum absolute atomic E-state index is 0.0141. The molecule has 11 atom stereocenters. The molecule has 6 aliphatic rings. The molecule has 0 aromatic carbocycles. The number of imide groups is 1. The number of carbonyl (C=O) groups excluding carboxylic acids is 3. The van der Waals surface area contributed by atoms with Crippen molar-refractivity contribution in [1.29, 1.82) is 0 Å². The van der Waals surface area contributed by atoms with Crippen LogP contribution < -0.4 is 5.32 Å². The van der Waals surface area contributed by atoms with Gasteiger partial charge in [-0.2, -0.15) is 0 Å². The Hall–Kier alpha value is -1.47. The Bertz CT molecular complexity index is 877. The molecular weight excluding hydrogens is 420 g/mol. The maximum atomic E-state index is 13.4. The zero-order valence-corrected chi connectivity index (χ0v) is 20.2. The largest absolute Gasteiger partial charge is 0.445 e. The van der Waals surface area contributed by atoms with E-state index in [1.165, 1.54) is 0 Å². The molecule has 4 bridgehead atoms. The molecule has 2 saturated heterocycles. The van der Waals surface area contributed by atoms with Crippen molar-refractivity contribution in [2.45, 2.75) is 71.0 Å². The zero-order chi connectivity index (χ0) is 23.1. The molecule has 3 unspecified atom stereocenters. The van der Waals surface area contributed by atoms with Crippen molar-refractivity contribution in [2.75, 3.05) is 26.7 Å². The predicted molar refractivity (Wildman–Crippen MR) is 120 cm³/mol. The van der Waals surface area contributed by atoms with Gasteiger partial charge in [0.2, 0.25) is 5.91 Å². The number of rotatable bonds is 3. The van der Waals surface area contributed by atoms with Crippen LogP contribution in [0, 0.1) is 46.3 Å². The minimum atomic E-state index is -0.626. The average molecular weight is 459 g/mol. The van der Waals surface area contributed by atoms with Crippen molar-refractivity contribution >= 4 is 17.8 Å². The van der Waals surface area contributed by atoms with Gasteiger partial charge in [-0.05, 0) is 68.7 Å². The second kappa shape index (κ2) is 7.51. The van der Waals surface area contributed by atoms with Gasteiger partial charge >= 0.3 is 6.09 Å². The third-order valence-corrected chi connectivity index (χ3v) is 11.0. The van der Waals surface area contributed by atoms with Crippen LogP contribution in [0.5, 0.6) is 0 Å². The van der Waals surface area contributed by atoms with Crippen LogP contribution in [-0.2, 0) is 19.1 Å². The Labute approximate surface area is 196 Å². The molecule has 2 amide bonds. The number of fused-ring (bicyclic) bond motifs is 2. The zero-order valence-electron chi connectivity index (χ0n) is 20.2. The Morgan fingerprint density at radius 1 is 1.12 bits per heavy atom. The van der Waals surface area contributed by atoms with E-state index in [0.29, 0.717) is 24.0 Å². The van der Waals surface area contributed by atoms with E-state index < -0.39 is 6.09 Å². The number of ketones is 1. The Morgan fingerprint density at radius 2 is 1.91 bits per heavy atom. The Morgan fingerprint density at radius 3 is 2.61 bits per heavy atom. The number of carbonyl (C=O) groups is 3. The number of nitrogens with one attached hydrogen (secondary N) is 1. The van der Waals surface area contributed by atoms with Gasteiger partial charge in [-0.25, -0.2) is 4.79 Å². The van der Waals surface area contributed by atoms with E-state index >= 15 is 0 Å². The fourth-order valence-corrected chi connectivity index (χ4v) is 9.34. The molecule has 1 spiro atoms. The molecule has 182 valence electrons. The van der Waals surface area contributed by atoms with Gasteiger partial charge < -0.3 is 14.4 Å². The van der Waals surface area contributed by atoms with Crippen LogP contribution in [0.3, 0.4) is 0 Å². The molecule has 2 heterocycles. The van der Waals surface area contributed by atoms with E-state index in [2.05, 4.69) is 17.1 Å². The first-order valence-corrected chi connectivity index (χ1v) is 13.1. The summed E-state index contributed by atoms with van der Waals surface area (Å²) in [6.45, 7) is 6.88. The first-order valence-electron chi connectivity index (χ1n) is 13.1. The third-order valence-electron chi connectivity index (χ3n) is 11.0. The molecule has 7 heteroatoms. The van der Waals surface area contributed by atoms with Gasteiger partial charge in [-0.3, -0.25) is 14.9 Å². The van der Waals surface area contributed by atoms with Crippen molar-refractivity contribution in [3.05, 3.63) is 0 Å². The van der Waals surface area contributed by atoms with Crippen molar-refractivity contribution in [3.8, 4) is 0 Å². The monoisotopic (exact) mass is 458 g/mol. The van der Waals surface area contributed by atoms with Gasteiger partial charge in [0.05, 0.1) is 12.0 Å². The number of ether oxygens (including phenoxy) is 2. The van der Waals surface area contributed by atoms with E-state index in [1.54, 1.807) is 7.11 Å². The maximum absolute atomic E-state index is 13.4. The molecule has 4 saturated carbocycles. The average Bonchev–Trinajstić information content (AvgIpc) is 3.12. The number of piperidine rings is 1. The van der Waals surface area contributed by atoms with E-state index in [-0.39, 0.29) is 52.6 Å². The first-order chi connectivity index (χ1) is 15.8. The van der Waals surface area contributed by atoms with Crippen LogP contribution in [0.2, 0.25) is 0 Å². The number of amides is 2. The number of hydrogen-bond donors (Lipinski definition) is 1. The van der Waals surface area contributed by atoms with E-state index in [1.807, 2.05) is 6.92 Å². The summed E-state index contributed by atoms with van der Waals surface area (Å²) in [6, 6.07) is 0. The van der Waals surface area contributed by atoms with E-state index in [4.69, 9.17) is 9.47 Å². The van der Waals surface area contributed by atoms with Gasteiger partial charge in [0.1, 0.15) is 11.9 Å². The highest BCUT2D eigenvalue weighted by molar-refractivity contribution is 5.93. The summed E-state index contributed by atoms with van der Waals surface area (Å²) < 4.78 is 12.1. The molecule has 6 fully saturated rings. The normalized spacial score (nSPS) is 51.8. The van der Waals surface area contributed by atoms with Crippen LogP contribution in [0.1, 0.15) is 58.8 Å². The summed E-state index contributed by atoms with van der Waals surface area (Å²) in [5, 5.41) is 2.57. The lowest BCUT2D eigenvalue weighted by molar-refractivity contribution is -0.151. The van der Waals surface area contributed by atoms with Crippen molar-refractivity contribution in [1.82, 2.24) is 10.2 Å². The third kappa shape index (κ3) is 3.03. The van der Waals surface area contributed by atoms with Crippen LogP contribution in [0.25, 0.3) is 0 Å². The summed E-state index contributed by atoms with van der Waals surface area (Å²) in [7, 11) is 1.79. The van der Waals surface area contributed by atoms with Gasteiger partial charge in [-0.15, -0.1) is 0 Å². The molecule has 1 N–H and O–H groups in total. The Balaban J connectivity index is 1.25. The highest BCUT2D eigenvalue weighted by Gasteiger charge is 2.76. The number of hydrogen-bond acceptors (Lipinski definition) is 6. The van der Waals surface area contributed by atoms with E-state index in [0.717, 1.165) is 58.2 Å². The number of alkyl carbamates (subject to hydrolysis) is 1. The highest BCUT2D eigenvalue weighted by atomic mass is 16.6. The number of methoxy groups -OCH3 is 1. The summed E-state index contributed by atoms with van der Waals surface area (Å²) >= 11 is 0. The summed E-state index contributed by atoms with van der Waals surface area (Å²) in [5.74, 6) is 0.957. The molecule has 2 aliphatic heterocycles. The lowest BCUT2D eigenvalue weighted by Crippen LogP contribution is -2.55. The van der Waals surface area contributed by atoms with Gasteiger partial charge in [0.25, 0.3) is 0 Å². The summed E-state index contributed by atoms with van der Waals surface area (Å²) in [5.41, 5.74) is -0.165. The number of Topliss-reactive ketones (excluding diaryl/α,β-unsaturated/α-hetero) is 1. The molecular formula is C26H38N2O5. The van der Waals surface area contributed by atoms with Crippen molar-refractivity contribution in [3.63, 3.8) is 0 Å². The maximum Gasteiger partial charge on any atom is 0.414 e. The van der Waals surface area contributed by atoms with Crippen molar-refractivity contribution in [2.24, 2.45) is 46.3 Å². The fourth-order valence-electron chi connectivity index (χ4n) is 9.34. The smallest absolute Gasteiger partial charge is 0.414 e. The predicted octanol–water partition coefficient (Wildman–Crippen LogP) is 3.02. The minimum Gasteiger partial charge on any atom is -0.445 e. The topological polar surface area (TPSA) is 84.9 Å². The van der Waals surface area contributed by atoms with E-state index in [9.17, 15) is 14.4 Å². The number of nitrogens with zero attached hydrogens (tertiary/aromatic N) is 1. The molecule has 4 aliphatic carbocycles. The summed E-state index contributed by atoms with van der Waals surface area (Å²) in [6.07, 6.45) is 5.91. The van der Waals surface area contributed by atoms with Crippen LogP contribution in [0.4, 0.5) is 4.79 Å². The molecule has 0 radical (unpaired) electrons. The first kappa shape index (κ1) is 22.0. The molecule has 33 heavy (non-hydrogen) atoms.